The fraction of sp³-hybridized carbons (Fsp3) is 0.769. The smallest absolute Gasteiger partial charge is 0.337 e. The minimum absolute atomic E-state index is 0.245. The number of carbonyl (C=O) groups excluding carboxylic acids is 1. The fourth-order valence-corrected chi connectivity index (χ4v) is 2.27. The number of rotatable bonds is 4. The Kier molecular flexibility index (Phi) is 4.84. The predicted molar refractivity (Wildman–Crippen MR) is 62.9 cm³/mol. The Bertz CT molecular complexity index is 281. The summed E-state index contributed by atoms with van der Waals surface area (Å²) in [5.74, 6) is 0.943. The highest BCUT2D eigenvalue weighted by molar-refractivity contribution is 5.89. The molecule has 2 atom stereocenters. The standard InChI is InChI=1S/C13H22O3/c1-5-7-12-10(6-2)8-11(9(3)16-12)13(14)15-4/h10,12H,5-8H2,1-4H3/t10-,12-/m0/s1. The van der Waals surface area contributed by atoms with Crippen molar-refractivity contribution in [3.05, 3.63) is 11.3 Å². The van der Waals surface area contributed by atoms with Crippen LogP contribution in [0.1, 0.15) is 46.5 Å². The highest BCUT2D eigenvalue weighted by atomic mass is 16.5. The summed E-state index contributed by atoms with van der Waals surface area (Å²) in [6.07, 6.45) is 4.27. The molecule has 0 saturated carbocycles. The van der Waals surface area contributed by atoms with Gasteiger partial charge in [-0.15, -0.1) is 0 Å². The Morgan fingerprint density at radius 2 is 2.19 bits per heavy atom. The Morgan fingerprint density at radius 1 is 1.50 bits per heavy atom. The van der Waals surface area contributed by atoms with E-state index < -0.39 is 0 Å². The van der Waals surface area contributed by atoms with Gasteiger partial charge in [-0.3, -0.25) is 0 Å². The summed E-state index contributed by atoms with van der Waals surface area (Å²) < 4.78 is 10.6. The van der Waals surface area contributed by atoms with E-state index in [1.807, 2.05) is 6.92 Å². The maximum absolute atomic E-state index is 11.5. The van der Waals surface area contributed by atoms with Gasteiger partial charge >= 0.3 is 5.97 Å². The van der Waals surface area contributed by atoms with Gasteiger partial charge in [0.15, 0.2) is 0 Å². The molecule has 0 aliphatic carbocycles. The number of ether oxygens (including phenoxy) is 2. The van der Waals surface area contributed by atoms with Crippen molar-refractivity contribution < 1.29 is 14.3 Å². The summed E-state index contributed by atoms with van der Waals surface area (Å²) in [5, 5.41) is 0. The molecule has 0 amide bonds. The highest BCUT2D eigenvalue weighted by Crippen LogP contribution is 2.33. The zero-order valence-corrected chi connectivity index (χ0v) is 10.7. The Balaban J connectivity index is 2.82. The minimum atomic E-state index is -0.245. The third-order valence-electron chi connectivity index (χ3n) is 3.27. The van der Waals surface area contributed by atoms with Crippen LogP contribution in [0.4, 0.5) is 0 Å². The average Bonchev–Trinajstić information content (AvgIpc) is 2.29. The van der Waals surface area contributed by atoms with Crippen molar-refractivity contribution in [3.63, 3.8) is 0 Å². The van der Waals surface area contributed by atoms with Crippen LogP contribution in [0.5, 0.6) is 0 Å². The largest absolute Gasteiger partial charge is 0.494 e. The van der Waals surface area contributed by atoms with Crippen LogP contribution < -0.4 is 0 Å². The molecule has 0 radical (unpaired) electrons. The lowest BCUT2D eigenvalue weighted by Gasteiger charge is -2.33. The molecule has 1 rings (SSSR count). The van der Waals surface area contributed by atoms with Crippen molar-refractivity contribution in [1.29, 1.82) is 0 Å². The summed E-state index contributed by atoms with van der Waals surface area (Å²) >= 11 is 0. The number of hydrogen-bond donors (Lipinski definition) is 0. The molecule has 0 unspecified atom stereocenters. The first kappa shape index (κ1) is 13.1. The van der Waals surface area contributed by atoms with E-state index in [1.165, 1.54) is 7.11 Å². The topological polar surface area (TPSA) is 35.5 Å². The number of methoxy groups -OCH3 is 1. The van der Waals surface area contributed by atoms with Gasteiger partial charge in [-0.1, -0.05) is 20.3 Å². The summed E-state index contributed by atoms with van der Waals surface area (Å²) in [6, 6.07) is 0. The van der Waals surface area contributed by atoms with Gasteiger partial charge in [0.05, 0.1) is 12.7 Å². The highest BCUT2D eigenvalue weighted by Gasteiger charge is 2.31. The zero-order chi connectivity index (χ0) is 12.1. The molecule has 3 nitrogen and oxygen atoms in total. The van der Waals surface area contributed by atoms with Gasteiger partial charge in [-0.05, 0) is 32.1 Å². The van der Waals surface area contributed by atoms with Crippen LogP contribution in [0.25, 0.3) is 0 Å². The van der Waals surface area contributed by atoms with E-state index in [4.69, 9.17) is 9.47 Å². The normalized spacial score (nSPS) is 25.2. The van der Waals surface area contributed by atoms with E-state index in [-0.39, 0.29) is 12.1 Å². The van der Waals surface area contributed by atoms with Gasteiger partial charge in [-0.25, -0.2) is 4.79 Å². The molecule has 0 aromatic heterocycles. The van der Waals surface area contributed by atoms with Gasteiger partial charge < -0.3 is 9.47 Å². The molecule has 1 heterocycles. The van der Waals surface area contributed by atoms with Gasteiger partial charge in [-0.2, -0.15) is 0 Å². The van der Waals surface area contributed by atoms with Crippen LogP contribution in [-0.2, 0) is 14.3 Å². The maximum atomic E-state index is 11.5. The summed E-state index contributed by atoms with van der Waals surface area (Å²) in [6.45, 7) is 6.16. The molecule has 1 aliphatic rings. The van der Waals surface area contributed by atoms with Crippen LogP contribution in [0.3, 0.4) is 0 Å². The van der Waals surface area contributed by atoms with Gasteiger partial charge in [0.1, 0.15) is 11.9 Å². The van der Waals surface area contributed by atoms with E-state index in [1.54, 1.807) is 0 Å². The van der Waals surface area contributed by atoms with Crippen molar-refractivity contribution in [3.8, 4) is 0 Å². The molecule has 0 spiro atoms. The number of hydrogen-bond acceptors (Lipinski definition) is 3. The first-order valence-corrected chi connectivity index (χ1v) is 6.08. The number of allylic oxidation sites excluding steroid dienone is 1. The quantitative estimate of drug-likeness (QED) is 0.691. The number of esters is 1. The fourth-order valence-electron chi connectivity index (χ4n) is 2.27. The molecule has 1 aliphatic heterocycles. The van der Waals surface area contributed by atoms with E-state index >= 15 is 0 Å². The maximum Gasteiger partial charge on any atom is 0.337 e. The molecule has 0 bridgehead atoms. The van der Waals surface area contributed by atoms with Crippen molar-refractivity contribution >= 4 is 5.97 Å². The number of carbonyl (C=O) groups is 1. The summed E-state index contributed by atoms with van der Waals surface area (Å²) in [4.78, 5) is 11.5. The summed E-state index contributed by atoms with van der Waals surface area (Å²) in [5.41, 5.74) is 0.710. The molecule has 3 heteroatoms. The van der Waals surface area contributed by atoms with Crippen molar-refractivity contribution in [1.82, 2.24) is 0 Å². The second-order valence-electron chi connectivity index (χ2n) is 4.34. The van der Waals surface area contributed by atoms with Crippen LogP contribution in [0, 0.1) is 5.92 Å². The van der Waals surface area contributed by atoms with Crippen molar-refractivity contribution in [2.75, 3.05) is 7.11 Å². The van der Waals surface area contributed by atoms with Gasteiger partial charge in [0, 0.05) is 0 Å². The second-order valence-corrected chi connectivity index (χ2v) is 4.34. The van der Waals surface area contributed by atoms with E-state index in [2.05, 4.69) is 13.8 Å². The van der Waals surface area contributed by atoms with E-state index in [9.17, 15) is 4.79 Å². The third kappa shape index (κ3) is 2.77. The van der Waals surface area contributed by atoms with Gasteiger partial charge in [0.25, 0.3) is 0 Å². The first-order chi connectivity index (χ1) is 7.63. The molecule has 0 aromatic rings. The molecule has 16 heavy (non-hydrogen) atoms. The van der Waals surface area contributed by atoms with Gasteiger partial charge in [0.2, 0.25) is 0 Å². The Hall–Kier alpha value is -0.990. The lowest BCUT2D eigenvalue weighted by Crippen LogP contribution is -2.30. The van der Waals surface area contributed by atoms with Crippen LogP contribution in [0.15, 0.2) is 11.3 Å². The molecule has 0 saturated heterocycles. The first-order valence-electron chi connectivity index (χ1n) is 6.08. The molecule has 0 fully saturated rings. The molecule has 0 aromatic carbocycles. The Morgan fingerprint density at radius 3 is 2.69 bits per heavy atom. The minimum Gasteiger partial charge on any atom is -0.494 e. The molecule has 92 valence electrons. The predicted octanol–water partition coefficient (Wildman–Crippen LogP) is 3.05. The zero-order valence-electron chi connectivity index (χ0n) is 10.7. The van der Waals surface area contributed by atoms with E-state index in [0.29, 0.717) is 11.5 Å². The lowest BCUT2D eigenvalue weighted by molar-refractivity contribution is -0.137. The monoisotopic (exact) mass is 226 g/mol. The molecular formula is C13H22O3. The lowest BCUT2D eigenvalue weighted by atomic mass is 9.86. The van der Waals surface area contributed by atoms with Crippen molar-refractivity contribution in [2.45, 2.75) is 52.6 Å². The Labute approximate surface area is 97.8 Å². The second kappa shape index (κ2) is 5.92. The molecular weight excluding hydrogens is 204 g/mol. The average molecular weight is 226 g/mol. The van der Waals surface area contributed by atoms with E-state index in [0.717, 1.165) is 31.4 Å². The summed E-state index contributed by atoms with van der Waals surface area (Å²) in [7, 11) is 1.42. The SMILES string of the molecule is CCC[C@@H]1OC(C)=C(C(=O)OC)C[C@@H]1CC. The van der Waals surface area contributed by atoms with Crippen LogP contribution in [0.2, 0.25) is 0 Å². The van der Waals surface area contributed by atoms with Crippen LogP contribution in [-0.4, -0.2) is 19.2 Å². The third-order valence-corrected chi connectivity index (χ3v) is 3.27. The van der Waals surface area contributed by atoms with Crippen molar-refractivity contribution in [2.24, 2.45) is 5.92 Å². The molecule has 0 N–H and O–H groups in total. The van der Waals surface area contributed by atoms with Crippen LogP contribution >= 0.6 is 0 Å².